The van der Waals surface area contributed by atoms with Crippen molar-refractivity contribution in [2.24, 2.45) is 0 Å². The van der Waals surface area contributed by atoms with Crippen LogP contribution in [-0.4, -0.2) is 5.11 Å². The molecule has 1 atom stereocenters. The lowest BCUT2D eigenvalue weighted by atomic mass is 9.92. The van der Waals surface area contributed by atoms with Gasteiger partial charge in [-0.3, -0.25) is 0 Å². The van der Waals surface area contributed by atoms with Crippen molar-refractivity contribution >= 4 is 0 Å². The number of hydrogen-bond acceptors (Lipinski definition) is 1. The molecule has 0 fully saturated rings. The van der Waals surface area contributed by atoms with Crippen LogP contribution < -0.4 is 0 Å². The molecule has 79 valence electrons. The van der Waals surface area contributed by atoms with Crippen molar-refractivity contribution in [2.45, 2.75) is 18.8 Å². The first-order chi connectivity index (χ1) is 7.86. The highest BCUT2D eigenvalue weighted by atomic mass is 16.3. The van der Waals surface area contributed by atoms with Gasteiger partial charge in [0, 0.05) is 11.5 Å². The van der Waals surface area contributed by atoms with E-state index in [-0.39, 0.29) is 0 Å². The Labute approximate surface area is 95.4 Å². The summed E-state index contributed by atoms with van der Waals surface area (Å²) in [5, 5.41) is 9.87. The van der Waals surface area contributed by atoms with E-state index < -0.39 is 0 Å². The highest BCUT2D eigenvalue weighted by Gasteiger charge is 2.25. The second-order valence-electron chi connectivity index (χ2n) is 4.26. The summed E-state index contributed by atoms with van der Waals surface area (Å²) in [5.41, 5.74) is 3.69. The van der Waals surface area contributed by atoms with Gasteiger partial charge in [-0.2, -0.15) is 0 Å². The van der Waals surface area contributed by atoms with E-state index in [1.165, 1.54) is 11.1 Å². The number of fused-ring (bicyclic) bond motifs is 1. The Balaban J connectivity index is 2.08. The molecule has 1 heteroatoms. The lowest BCUT2D eigenvalue weighted by Crippen LogP contribution is -1.96. The van der Waals surface area contributed by atoms with Crippen molar-refractivity contribution in [1.29, 1.82) is 0 Å². The number of aromatic hydroxyl groups is 1. The topological polar surface area (TPSA) is 20.2 Å². The fourth-order valence-corrected chi connectivity index (χ4v) is 2.58. The third-order valence-electron chi connectivity index (χ3n) is 3.35. The van der Waals surface area contributed by atoms with Gasteiger partial charge in [0.15, 0.2) is 0 Å². The Bertz CT molecular complexity index is 516. The zero-order chi connectivity index (χ0) is 11.0. The summed E-state index contributed by atoms with van der Waals surface area (Å²) in [6.45, 7) is 0. The summed E-state index contributed by atoms with van der Waals surface area (Å²) < 4.78 is 0. The fraction of sp³-hybridized carbons (Fsp3) is 0.200. The molecule has 1 aliphatic carbocycles. The zero-order valence-electron chi connectivity index (χ0n) is 8.98. The van der Waals surface area contributed by atoms with E-state index in [0.29, 0.717) is 11.7 Å². The Morgan fingerprint density at radius 3 is 2.88 bits per heavy atom. The number of rotatable bonds is 1. The van der Waals surface area contributed by atoms with E-state index in [4.69, 9.17) is 0 Å². The standard InChI is InChI=1S/C15H13O/c16-15-8-4-3-7-14(15)13-10-9-11-5-1-2-6-12(11)13/h1-6,8,13,16H,9-10H2. The molecule has 3 rings (SSSR count). The molecule has 1 nitrogen and oxygen atoms in total. The van der Waals surface area contributed by atoms with Crippen LogP contribution in [0.3, 0.4) is 0 Å². The maximum Gasteiger partial charge on any atom is 0.120 e. The highest BCUT2D eigenvalue weighted by molar-refractivity contribution is 5.46. The summed E-state index contributed by atoms with van der Waals surface area (Å²) in [7, 11) is 0. The molecule has 2 aromatic carbocycles. The summed E-state index contributed by atoms with van der Waals surface area (Å²) in [6.07, 6.45) is 2.18. The third kappa shape index (κ3) is 1.40. The predicted octanol–water partition coefficient (Wildman–Crippen LogP) is 3.27. The van der Waals surface area contributed by atoms with E-state index in [1.807, 2.05) is 12.1 Å². The molecule has 2 aromatic rings. The maximum absolute atomic E-state index is 9.87. The molecule has 1 N–H and O–H groups in total. The first kappa shape index (κ1) is 9.46. The second kappa shape index (κ2) is 3.67. The molecule has 0 spiro atoms. The lowest BCUT2D eigenvalue weighted by Gasteiger charge is -2.12. The number of phenols is 1. The van der Waals surface area contributed by atoms with Gasteiger partial charge in [0.25, 0.3) is 0 Å². The molecule has 0 saturated carbocycles. The van der Waals surface area contributed by atoms with Gasteiger partial charge in [-0.25, -0.2) is 0 Å². The van der Waals surface area contributed by atoms with Crippen molar-refractivity contribution in [2.75, 3.05) is 0 Å². The molecule has 1 unspecified atom stereocenters. The minimum Gasteiger partial charge on any atom is -0.508 e. The van der Waals surface area contributed by atoms with Crippen LogP contribution in [0.25, 0.3) is 0 Å². The van der Waals surface area contributed by atoms with E-state index in [0.717, 1.165) is 18.4 Å². The zero-order valence-corrected chi connectivity index (χ0v) is 8.98. The van der Waals surface area contributed by atoms with E-state index in [9.17, 15) is 5.11 Å². The number of phenolic OH excluding ortho intramolecular Hbond substituents is 1. The number of aryl methyl sites for hydroxylation is 1. The summed E-state index contributed by atoms with van der Waals surface area (Å²) in [6, 6.07) is 17.1. The molecule has 16 heavy (non-hydrogen) atoms. The second-order valence-corrected chi connectivity index (χ2v) is 4.26. The molecule has 0 amide bonds. The van der Waals surface area contributed by atoms with E-state index >= 15 is 0 Å². The molecular weight excluding hydrogens is 196 g/mol. The van der Waals surface area contributed by atoms with Crippen LogP contribution in [0.4, 0.5) is 0 Å². The Hall–Kier alpha value is -1.76. The highest BCUT2D eigenvalue weighted by Crippen LogP contribution is 2.40. The van der Waals surface area contributed by atoms with Crippen LogP contribution in [-0.2, 0) is 6.42 Å². The summed E-state index contributed by atoms with van der Waals surface area (Å²) in [4.78, 5) is 0. The predicted molar refractivity (Wildman–Crippen MR) is 63.5 cm³/mol. The quantitative estimate of drug-likeness (QED) is 0.764. The molecule has 1 aliphatic rings. The minimum atomic E-state index is 0.317. The summed E-state index contributed by atoms with van der Waals surface area (Å²) >= 11 is 0. The van der Waals surface area contributed by atoms with Crippen LogP contribution in [0.2, 0.25) is 0 Å². The number of hydrogen-bond donors (Lipinski definition) is 1. The van der Waals surface area contributed by atoms with Gasteiger partial charge in [-0.1, -0.05) is 36.4 Å². The molecular formula is C15H13O. The van der Waals surface area contributed by atoms with Gasteiger partial charge in [-0.05, 0) is 36.1 Å². The first-order valence-corrected chi connectivity index (χ1v) is 5.63. The van der Waals surface area contributed by atoms with Crippen molar-refractivity contribution in [3.05, 3.63) is 65.2 Å². The summed E-state index contributed by atoms with van der Waals surface area (Å²) in [5.74, 6) is 0.682. The number of benzene rings is 2. The Morgan fingerprint density at radius 2 is 2.00 bits per heavy atom. The van der Waals surface area contributed by atoms with Gasteiger partial charge in [-0.15, -0.1) is 0 Å². The van der Waals surface area contributed by atoms with Crippen molar-refractivity contribution in [3.8, 4) is 5.75 Å². The third-order valence-corrected chi connectivity index (χ3v) is 3.35. The molecule has 0 aromatic heterocycles. The fourth-order valence-electron chi connectivity index (χ4n) is 2.58. The van der Waals surface area contributed by atoms with Gasteiger partial charge >= 0.3 is 0 Å². The van der Waals surface area contributed by atoms with Crippen LogP contribution >= 0.6 is 0 Å². The van der Waals surface area contributed by atoms with Gasteiger partial charge in [0.2, 0.25) is 0 Å². The van der Waals surface area contributed by atoms with Crippen LogP contribution in [0, 0.1) is 6.07 Å². The monoisotopic (exact) mass is 209 g/mol. The van der Waals surface area contributed by atoms with Crippen LogP contribution in [0.1, 0.15) is 29.0 Å². The minimum absolute atomic E-state index is 0.317. The SMILES string of the molecule is Oc1ccc[c]c1C1CCc2ccccc21. The molecule has 0 heterocycles. The van der Waals surface area contributed by atoms with Crippen molar-refractivity contribution < 1.29 is 5.11 Å². The van der Waals surface area contributed by atoms with Crippen LogP contribution in [0.5, 0.6) is 5.75 Å². The average Bonchev–Trinajstić information content (AvgIpc) is 2.74. The largest absolute Gasteiger partial charge is 0.508 e. The molecule has 0 saturated heterocycles. The van der Waals surface area contributed by atoms with Gasteiger partial charge in [0.1, 0.15) is 5.75 Å². The average molecular weight is 209 g/mol. The Kier molecular flexibility index (Phi) is 2.17. The van der Waals surface area contributed by atoms with Gasteiger partial charge < -0.3 is 5.11 Å². The van der Waals surface area contributed by atoms with Crippen molar-refractivity contribution in [3.63, 3.8) is 0 Å². The smallest absolute Gasteiger partial charge is 0.120 e. The van der Waals surface area contributed by atoms with Crippen LogP contribution in [0.15, 0.2) is 42.5 Å². The maximum atomic E-state index is 9.87. The molecule has 1 radical (unpaired) electrons. The molecule has 0 bridgehead atoms. The molecule has 0 aliphatic heterocycles. The van der Waals surface area contributed by atoms with E-state index in [2.05, 4.69) is 30.3 Å². The van der Waals surface area contributed by atoms with E-state index in [1.54, 1.807) is 6.07 Å². The van der Waals surface area contributed by atoms with Crippen molar-refractivity contribution in [1.82, 2.24) is 0 Å². The first-order valence-electron chi connectivity index (χ1n) is 5.63. The lowest BCUT2D eigenvalue weighted by molar-refractivity contribution is 0.464. The Morgan fingerprint density at radius 1 is 1.12 bits per heavy atom. The normalized spacial score (nSPS) is 18.4. The van der Waals surface area contributed by atoms with Gasteiger partial charge in [0.05, 0.1) is 0 Å².